The van der Waals surface area contributed by atoms with E-state index in [1.807, 2.05) is 24.3 Å². The molecule has 0 saturated heterocycles. The first-order valence-electron chi connectivity index (χ1n) is 5.89. The molecular formula is C14H13BrClN3O. The molecule has 0 heterocycles. The van der Waals surface area contributed by atoms with Crippen LogP contribution >= 0.6 is 27.5 Å². The van der Waals surface area contributed by atoms with Crippen molar-refractivity contribution < 1.29 is 4.79 Å². The second kappa shape index (κ2) is 6.63. The molecule has 6 heteroatoms. The molecule has 0 fully saturated rings. The monoisotopic (exact) mass is 353 g/mol. The lowest BCUT2D eigenvalue weighted by Crippen LogP contribution is -2.28. The average Bonchev–Trinajstić information content (AvgIpc) is 2.41. The van der Waals surface area contributed by atoms with Gasteiger partial charge >= 0.3 is 6.03 Å². The number of hydrogen-bond donors (Lipinski definition) is 3. The SMILES string of the molecule is Nc1ccc(NC(=O)NCc2ccc(Br)cc2)c(Cl)c1. The Labute approximate surface area is 130 Å². The Balaban J connectivity index is 1.90. The van der Waals surface area contributed by atoms with Gasteiger partial charge in [0.05, 0.1) is 10.7 Å². The zero-order chi connectivity index (χ0) is 14.5. The van der Waals surface area contributed by atoms with Crippen LogP contribution in [0.2, 0.25) is 5.02 Å². The molecule has 2 rings (SSSR count). The van der Waals surface area contributed by atoms with Crippen molar-refractivity contribution >= 4 is 44.9 Å². The number of nitrogen functional groups attached to an aromatic ring is 1. The van der Waals surface area contributed by atoms with Gasteiger partial charge in [0.25, 0.3) is 0 Å². The van der Waals surface area contributed by atoms with E-state index in [0.717, 1.165) is 10.0 Å². The fourth-order valence-electron chi connectivity index (χ4n) is 1.58. The van der Waals surface area contributed by atoms with Crippen LogP contribution in [0.15, 0.2) is 46.9 Å². The lowest BCUT2D eigenvalue weighted by atomic mass is 10.2. The molecule has 2 aromatic rings. The van der Waals surface area contributed by atoms with Crippen molar-refractivity contribution in [3.63, 3.8) is 0 Å². The summed E-state index contributed by atoms with van der Waals surface area (Å²) in [6.07, 6.45) is 0. The minimum Gasteiger partial charge on any atom is -0.399 e. The highest BCUT2D eigenvalue weighted by Gasteiger charge is 2.05. The van der Waals surface area contributed by atoms with E-state index in [4.69, 9.17) is 17.3 Å². The Kier molecular flexibility index (Phi) is 4.87. The maximum atomic E-state index is 11.8. The van der Waals surface area contributed by atoms with Crippen molar-refractivity contribution in [1.29, 1.82) is 0 Å². The molecule has 0 aromatic heterocycles. The van der Waals surface area contributed by atoms with Gasteiger partial charge in [-0.1, -0.05) is 39.7 Å². The van der Waals surface area contributed by atoms with Crippen LogP contribution in [0, 0.1) is 0 Å². The van der Waals surface area contributed by atoms with Crippen LogP contribution < -0.4 is 16.4 Å². The minimum absolute atomic E-state index is 0.320. The summed E-state index contributed by atoms with van der Waals surface area (Å²) in [7, 11) is 0. The first-order chi connectivity index (χ1) is 9.54. The average molecular weight is 355 g/mol. The predicted molar refractivity (Wildman–Crippen MR) is 85.9 cm³/mol. The molecule has 0 aliphatic heterocycles. The highest BCUT2D eigenvalue weighted by molar-refractivity contribution is 9.10. The molecule has 0 atom stereocenters. The van der Waals surface area contributed by atoms with Gasteiger partial charge in [-0.25, -0.2) is 4.79 Å². The van der Waals surface area contributed by atoms with E-state index in [9.17, 15) is 4.79 Å². The molecule has 4 N–H and O–H groups in total. The molecule has 20 heavy (non-hydrogen) atoms. The Hall–Kier alpha value is -1.72. The largest absolute Gasteiger partial charge is 0.399 e. The summed E-state index contributed by atoms with van der Waals surface area (Å²) < 4.78 is 0.999. The highest BCUT2D eigenvalue weighted by Crippen LogP contribution is 2.23. The number of nitrogens with two attached hydrogens (primary N) is 1. The van der Waals surface area contributed by atoms with E-state index in [1.165, 1.54) is 0 Å². The topological polar surface area (TPSA) is 67.1 Å². The Morgan fingerprint density at radius 2 is 1.90 bits per heavy atom. The van der Waals surface area contributed by atoms with Gasteiger partial charge in [0, 0.05) is 16.7 Å². The molecule has 0 bridgehead atoms. The summed E-state index contributed by atoms with van der Waals surface area (Å²) in [6, 6.07) is 12.3. The highest BCUT2D eigenvalue weighted by atomic mass is 79.9. The number of anilines is 2. The van der Waals surface area contributed by atoms with Gasteiger partial charge < -0.3 is 16.4 Å². The van der Waals surface area contributed by atoms with Gasteiger partial charge in [0.2, 0.25) is 0 Å². The quantitative estimate of drug-likeness (QED) is 0.729. The third kappa shape index (κ3) is 4.15. The first kappa shape index (κ1) is 14.7. The number of amides is 2. The fraction of sp³-hybridized carbons (Fsp3) is 0.0714. The van der Waals surface area contributed by atoms with Crippen molar-refractivity contribution in [3.05, 3.63) is 57.5 Å². The zero-order valence-corrected chi connectivity index (χ0v) is 12.8. The van der Waals surface area contributed by atoms with E-state index in [0.29, 0.717) is 22.9 Å². The minimum atomic E-state index is -0.320. The molecule has 4 nitrogen and oxygen atoms in total. The van der Waals surface area contributed by atoms with Crippen LogP contribution in [0.3, 0.4) is 0 Å². The van der Waals surface area contributed by atoms with Crippen molar-refractivity contribution in [1.82, 2.24) is 5.32 Å². The Morgan fingerprint density at radius 1 is 1.20 bits per heavy atom. The van der Waals surface area contributed by atoms with Crippen LogP contribution in [0.25, 0.3) is 0 Å². The lowest BCUT2D eigenvalue weighted by Gasteiger charge is -2.09. The van der Waals surface area contributed by atoms with E-state index < -0.39 is 0 Å². The molecule has 2 amide bonds. The molecule has 0 aliphatic carbocycles. The van der Waals surface area contributed by atoms with Crippen LogP contribution in [0.1, 0.15) is 5.56 Å². The second-order valence-corrected chi connectivity index (χ2v) is 5.50. The number of rotatable bonds is 3. The summed E-state index contributed by atoms with van der Waals surface area (Å²) in [5, 5.41) is 5.83. The van der Waals surface area contributed by atoms with E-state index in [2.05, 4.69) is 26.6 Å². The normalized spacial score (nSPS) is 10.1. The van der Waals surface area contributed by atoms with Gasteiger partial charge in [-0.2, -0.15) is 0 Å². The standard InChI is InChI=1S/C14H13BrClN3O/c15-10-3-1-9(2-4-10)8-18-14(20)19-13-6-5-11(17)7-12(13)16/h1-7H,8,17H2,(H2,18,19,20). The fourth-order valence-corrected chi connectivity index (χ4v) is 2.08. The second-order valence-electron chi connectivity index (χ2n) is 4.17. The van der Waals surface area contributed by atoms with Crippen molar-refractivity contribution in [2.45, 2.75) is 6.54 Å². The van der Waals surface area contributed by atoms with E-state index >= 15 is 0 Å². The molecule has 0 saturated carbocycles. The number of carbonyl (C=O) groups is 1. The third-order valence-electron chi connectivity index (χ3n) is 2.61. The van der Waals surface area contributed by atoms with E-state index in [-0.39, 0.29) is 6.03 Å². The van der Waals surface area contributed by atoms with Crippen molar-refractivity contribution in [2.75, 3.05) is 11.1 Å². The molecule has 104 valence electrons. The lowest BCUT2D eigenvalue weighted by molar-refractivity contribution is 0.251. The molecule has 2 aromatic carbocycles. The molecule has 0 spiro atoms. The summed E-state index contributed by atoms with van der Waals surface area (Å²) in [6.45, 7) is 0.436. The van der Waals surface area contributed by atoms with Gasteiger partial charge in [-0.15, -0.1) is 0 Å². The molecule has 0 radical (unpaired) electrons. The summed E-state index contributed by atoms with van der Waals surface area (Å²) in [5.74, 6) is 0. The summed E-state index contributed by atoms with van der Waals surface area (Å²) in [4.78, 5) is 11.8. The van der Waals surface area contributed by atoms with Crippen LogP contribution in [0.4, 0.5) is 16.2 Å². The van der Waals surface area contributed by atoms with Gasteiger partial charge in [0.1, 0.15) is 0 Å². The first-order valence-corrected chi connectivity index (χ1v) is 7.06. The summed E-state index contributed by atoms with van der Waals surface area (Å²) >= 11 is 9.34. The number of halogens is 2. The smallest absolute Gasteiger partial charge is 0.319 e. The van der Waals surface area contributed by atoms with Crippen LogP contribution in [0.5, 0.6) is 0 Å². The van der Waals surface area contributed by atoms with Crippen molar-refractivity contribution in [2.24, 2.45) is 0 Å². The maximum absolute atomic E-state index is 11.8. The summed E-state index contributed by atoms with van der Waals surface area (Å²) in [5.41, 5.74) is 7.67. The molecular weight excluding hydrogens is 342 g/mol. The van der Waals surface area contributed by atoms with Crippen LogP contribution in [-0.4, -0.2) is 6.03 Å². The number of carbonyl (C=O) groups excluding carboxylic acids is 1. The number of urea groups is 1. The number of nitrogens with one attached hydrogen (secondary N) is 2. The predicted octanol–water partition coefficient (Wildman–Crippen LogP) is 4.01. The molecule has 0 unspecified atom stereocenters. The molecule has 0 aliphatic rings. The maximum Gasteiger partial charge on any atom is 0.319 e. The Bertz CT molecular complexity index is 616. The van der Waals surface area contributed by atoms with Gasteiger partial charge in [-0.3, -0.25) is 0 Å². The Morgan fingerprint density at radius 3 is 2.55 bits per heavy atom. The third-order valence-corrected chi connectivity index (χ3v) is 3.45. The van der Waals surface area contributed by atoms with Crippen molar-refractivity contribution in [3.8, 4) is 0 Å². The van der Waals surface area contributed by atoms with Gasteiger partial charge in [0.15, 0.2) is 0 Å². The van der Waals surface area contributed by atoms with E-state index in [1.54, 1.807) is 18.2 Å². The van der Waals surface area contributed by atoms with Crippen LogP contribution in [-0.2, 0) is 6.54 Å². The number of hydrogen-bond acceptors (Lipinski definition) is 2. The number of benzene rings is 2. The van der Waals surface area contributed by atoms with Gasteiger partial charge in [-0.05, 0) is 35.9 Å². The zero-order valence-electron chi connectivity index (χ0n) is 10.5.